The number of allylic oxidation sites excluding steroid dienone is 1. The molecule has 0 aromatic carbocycles. The van der Waals surface area contributed by atoms with Gasteiger partial charge in [-0.15, -0.1) is 0 Å². The molecule has 0 aromatic rings. The zero-order valence-electron chi connectivity index (χ0n) is 9.82. The number of hydrogen-bond donors (Lipinski definition) is 1. The van der Waals surface area contributed by atoms with Crippen LogP contribution in [0.1, 0.15) is 13.3 Å². The monoisotopic (exact) mass is 218 g/mol. The summed E-state index contributed by atoms with van der Waals surface area (Å²) >= 11 is 0. The van der Waals surface area contributed by atoms with Gasteiger partial charge in [-0.1, -0.05) is 0 Å². The van der Waals surface area contributed by atoms with Crippen molar-refractivity contribution in [3.05, 3.63) is 11.8 Å². The fraction of sp³-hybridized carbons (Fsp3) is 0.700. The summed E-state index contributed by atoms with van der Waals surface area (Å²) < 4.78 is 5.70. The Morgan fingerprint density at radius 3 is 2.40 bits per heavy atom. The van der Waals surface area contributed by atoms with Gasteiger partial charge in [-0.2, -0.15) is 0 Å². The number of quaternary nitrogens is 1. The molecule has 1 N–H and O–H groups in total. The van der Waals surface area contributed by atoms with Crippen LogP contribution in [0.5, 0.6) is 0 Å². The van der Waals surface area contributed by atoms with Gasteiger partial charge in [-0.05, 0) is 13.0 Å². The fourth-order valence-corrected chi connectivity index (χ4v) is 0.983. The molecule has 0 rings (SSSR count). The minimum atomic E-state index is -0.638. The Morgan fingerprint density at radius 2 is 2.00 bits per heavy atom. The van der Waals surface area contributed by atoms with Crippen molar-refractivity contribution < 1.29 is 24.2 Å². The Morgan fingerprint density at radius 1 is 1.40 bits per heavy atom. The summed E-state index contributed by atoms with van der Waals surface area (Å²) in [6.45, 7) is 2.83. The molecule has 5 heteroatoms. The molecule has 0 amide bonds. The predicted octanol–water partition coefficient (Wildman–Crippen LogP) is 1.02. The predicted molar refractivity (Wildman–Crippen MR) is 55.9 cm³/mol. The number of nitrogens with zero attached hydrogens (tertiary/aromatic N) is 1. The second kappa shape index (κ2) is 6.42. The van der Waals surface area contributed by atoms with Crippen molar-refractivity contribution in [1.29, 1.82) is 0 Å². The third kappa shape index (κ3) is 6.93. The molecule has 0 aliphatic heterocycles. The molecule has 0 radical (unpaired) electrons. The normalized spacial score (nSPS) is 12.5. The largest absolute Gasteiger partial charge is 0.460 e. The van der Waals surface area contributed by atoms with E-state index < -0.39 is 5.97 Å². The van der Waals surface area contributed by atoms with Crippen molar-refractivity contribution >= 4 is 5.97 Å². The smallest absolute Gasteiger partial charge is 0.377 e. The average molecular weight is 218 g/mol. The van der Waals surface area contributed by atoms with Crippen molar-refractivity contribution in [3.63, 3.8) is 0 Å². The highest BCUT2D eigenvalue weighted by atomic mass is 17.1. The molecule has 0 spiro atoms. The maximum Gasteiger partial charge on any atom is 0.377 e. The maximum atomic E-state index is 11.1. The summed E-state index contributed by atoms with van der Waals surface area (Å²) in [7, 11) is 6.20. The number of carbonyl (C=O) groups is 1. The van der Waals surface area contributed by atoms with Crippen LogP contribution >= 0.6 is 0 Å². The highest BCUT2D eigenvalue weighted by Crippen LogP contribution is 2.00. The van der Waals surface area contributed by atoms with Gasteiger partial charge in [0.2, 0.25) is 5.76 Å². The van der Waals surface area contributed by atoms with Crippen LogP contribution in [0.4, 0.5) is 0 Å². The van der Waals surface area contributed by atoms with E-state index in [1.807, 2.05) is 0 Å². The van der Waals surface area contributed by atoms with E-state index in [1.165, 1.54) is 6.08 Å². The highest BCUT2D eigenvalue weighted by molar-refractivity contribution is 5.85. The van der Waals surface area contributed by atoms with Gasteiger partial charge in [-0.25, -0.2) is 10.1 Å². The molecule has 0 aromatic heterocycles. The van der Waals surface area contributed by atoms with Crippen molar-refractivity contribution in [1.82, 2.24) is 0 Å². The van der Waals surface area contributed by atoms with Crippen molar-refractivity contribution in [2.75, 3.05) is 34.3 Å². The molecule has 0 heterocycles. The lowest BCUT2D eigenvalue weighted by Gasteiger charge is -2.23. The maximum absolute atomic E-state index is 11.1. The standard InChI is InChI=1S/C10H19NO4/c1-5-9(15-13)10(12)14-8-6-7-11(2,3)4/h5H,6-8H2,1-4H3/p+1. The molecule has 0 bridgehead atoms. The van der Waals surface area contributed by atoms with Gasteiger partial charge in [0, 0.05) is 6.42 Å². The first-order chi connectivity index (χ1) is 6.90. The van der Waals surface area contributed by atoms with Crippen molar-refractivity contribution in [3.8, 4) is 0 Å². The van der Waals surface area contributed by atoms with E-state index in [4.69, 9.17) is 9.99 Å². The van der Waals surface area contributed by atoms with Gasteiger partial charge in [0.15, 0.2) is 0 Å². The molecule has 88 valence electrons. The van der Waals surface area contributed by atoms with E-state index >= 15 is 0 Å². The molecule has 0 saturated heterocycles. The molecule has 15 heavy (non-hydrogen) atoms. The van der Waals surface area contributed by atoms with Crippen molar-refractivity contribution in [2.24, 2.45) is 0 Å². The third-order valence-electron chi connectivity index (χ3n) is 1.77. The Balaban J connectivity index is 3.74. The van der Waals surface area contributed by atoms with Gasteiger partial charge in [0.25, 0.3) is 0 Å². The first-order valence-corrected chi connectivity index (χ1v) is 4.86. The Hall–Kier alpha value is -1.07. The van der Waals surface area contributed by atoms with E-state index in [2.05, 4.69) is 26.0 Å². The Bertz CT molecular complexity index is 230. The van der Waals surface area contributed by atoms with Gasteiger partial charge in [0.1, 0.15) is 0 Å². The number of rotatable bonds is 6. The first-order valence-electron chi connectivity index (χ1n) is 4.86. The van der Waals surface area contributed by atoms with Crippen LogP contribution in [0.2, 0.25) is 0 Å². The SMILES string of the molecule is CC=C(OO)C(=O)OCCC[N+](C)(C)C. The Kier molecular flexibility index (Phi) is 5.96. The van der Waals surface area contributed by atoms with Gasteiger partial charge < -0.3 is 14.1 Å². The van der Waals surface area contributed by atoms with E-state index in [-0.39, 0.29) is 5.76 Å². The van der Waals surface area contributed by atoms with Gasteiger partial charge in [-0.3, -0.25) is 0 Å². The van der Waals surface area contributed by atoms with Crippen molar-refractivity contribution in [2.45, 2.75) is 13.3 Å². The van der Waals surface area contributed by atoms with Crippen LogP contribution in [-0.2, 0) is 14.4 Å². The molecule has 0 saturated carbocycles. The van der Waals surface area contributed by atoms with E-state index in [9.17, 15) is 4.79 Å². The number of carbonyl (C=O) groups excluding carboxylic acids is 1. The lowest BCUT2D eigenvalue weighted by atomic mass is 10.4. The van der Waals surface area contributed by atoms with Crippen LogP contribution in [0.15, 0.2) is 11.8 Å². The third-order valence-corrected chi connectivity index (χ3v) is 1.77. The number of hydrogen-bond acceptors (Lipinski definition) is 4. The van der Waals surface area contributed by atoms with E-state index in [1.54, 1.807) is 6.92 Å². The number of esters is 1. The topological polar surface area (TPSA) is 55.8 Å². The summed E-state index contributed by atoms with van der Waals surface area (Å²) in [5.74, 6) is -0.818. The average Bonchev–Trinajstić information content (AvgIpc) is 2.13. The minimum absolute atomic E-state index is 0.180. The summed E-state index contributed by atoms with van der Waals surface area (Å²) in [5.41, 5.74) is 0. The number of ether oxygens (including phenoxy) is 1. The van der Waals surface area contributed by atoms with E-state index in [0.29, 0.717) is 6.61 Å². The zero-order valence-corrected chi connectivity index (χ0v) is 9.82. The van der Waals surface area contributed by atoms with Gasteiger partial charge >= 0.3 is 5.97 Å². The Labute approximate surface area is 90.4 Å². The minimum Gasteiger partial charge on any atom is -0.460 e. The van der Waals surface area contributed by atoms with Crippen LogP contribution in [-0.4, -0.2) is 50.0 Å². The van der Waals surface area contributed by atoms with Crippen LogP contribution in [0.3, 0.4) is 0 Å². The summed E-state index contributed by atoms with van der Waals surface area (Å²) in [4.78, 5) is 15.0. The quantitative estimate of drug-likeness (QED) is 0.137. The second-order valence-corrected chi connectivity index (χ2v) is 4.25. The summed E-state index contributed by atoms with van der Waals surface area (Å²) in [6.07, 6.45) is 2.12. The van der Waals surface area contributed by atoms with Crippen LogP contribution in [0.25, 0.3) is 0 Å². The molecule has 0 fully saturated rings. The highest BCUT2D eigenvalue weighted by Gasteiger charge is 2.12. The lowest BCUT2D eigenvalue weighted by Crippen LogP contribution is -2.35. The van der Waals surface area contributed by atoms with Crippen LogP contribution < -0.4 is 0 Å². The molecule has 5 nitrogen and oxygen atoms in total. The zero-order chi connectivity index (χ0) is 11.9. The lowest BCUT2D eigenvalue weighted by molar-refractivity contribution is -0.870. The van der Waals surface area contributed by atoms with Gasteiger partial charge in [0.05, 0.1) is 34.3 Å². The molecule has 0 aliphatic rings. The molecule has 0 aliphatic carbocycles. The fourth-order valence-electron chi connectivity index (χ4n) is 0.983. The molecular weight excluding hydrogens is 198 g/mol. The van der Waals surface area contributed by atoms with E-state index in [0.717, 1.165) is 17.4 Å². The summed E-state index contributed by atoms with van der Waals surface area (Å²) in [5, 5.41) is 8.31. The van der Waals surface area contributed by atoms with Crippen LogP contribution in [0, 0.1) is 0 Å². The summed E-state index contributed by atoms with van der Waals surface area (Å²) in [6, 6.07) is 0. The molecular formula is C10H20NO4+. The molecule has 0 atom stereocenters. The first kappa shape index (κ1) is 13.9. The second-order valence-electron chi connectivity index (χ2n) is 4.25. The molecule has 0 unspecified atom stereocenters.